The van der Waals surface area contributed by atoms with Crippen LogP contribution in [0.15, 0.2) is 53.7 Å². The second-order valence-electron chi connectivity index (χ2n) is 5.20. The maximum Gasteiger partial charge on any atom is 0.303 e. The number of ether oxygens (including phenoxy) is 1. The summed E-state index contributed by atoms with van der Waals surface area (Å²) in [6, 6.07) is 13.3. The van der Waals surface area contributed by atoms with Gasteiger partial charge in [0.2, 0.25) is 0 Å². The van der Waals surface area contributed by atoms with Crippen molar-refractivity contribution in [3.8, 4) is 5.75 Å². The van der Waals surface area contributed by atoms with Crippen LogP contribution in [0, 0.1) is 0 Å². The molecule has 2 rings (SSSR count). The highest BCUT2D eigenvalue weighted by molar-refractivity contribution is 6.05. The van der Waals surface area contributed by atoms with E-state index in [2.05, 4.69) is 10.5 Å². The lowest BCUT2D eigenvalue weighted by molar-refractivity contribution is -0.136. The Kier molecular flexibility index (Phi) is 6.11. The molecular formula is C18H18N2O5. The molecule has 0 aliphatic heterocycles. The topological polar surface area (TPSA) is 108 Å². The van der Waals surface area contributed by atoms with Crippen molar-refractivity contribution in [3.05, 3.63) is 59.7 Å². The normalized spacial score (nSPS) is 11.0. The van der Waals surface area contributed by atoms with Gasteiger partial charge in [0.05, 0.1) is 19.2 Å². The molecule has 0 aliphatic rings. The molecule has 1 amide bonds. The molecule has 0 saturated heterocycles. The highest BCUT2D eigenvalue weighted by Crippen LogP contribution is 2.16. The van der Waals surface area contributed by atoms with Crippen molar-refractivity contribution in [2.45, 2.75) is 12.8 Å². The molecule has 0 atom stereocenters. The van der Waals surface area contributed by atoms with Crippen molar-refractivity contribution in [2.75, 3.05) is 12.4 Å². The summed E-state index contributed by atoms with van der Waals surface area (Å²) in [5.74, 6) is -0.570. The van der Waals surface area contributed by atoms with Gasteiger partial charge in [-0.2, -0.15) is 0 Å². The molecule has 3 N–H and O–H groups in total. The minimum Gasteiger partial charge on any atom is -0.497 e. The van der Waals surface area contributed by atoms with Crippen LogP contribution in [0.4, 0.5) is 5.69 Å². The van der Waals surface area contributed by atoms with Gasteiger partial charge in [-0.05, 0) is 42.0 Å². The van der Waals surface area contributed by atoms with Crippen LogP contribution in [0.5, 0.6) is 5.75 Å². The summed E-state index contributed by atoms with van der Waals surface area (Å²) >= 11 is 0. The Labute approximate surface area is 144 Å². The van der Waals surface area contributed by atoms with Crippen molar-refractivity contribution >= 4 is 23.3 Å². The van der Waals surface area contributed by atoms with E-state index >= 15 is 0 Å². The molecule has 25 heavy (non-hydrogen) atoms. The van der Waals surface area contributed by atoms with E-state index < -0.39 is 5.97 Å². The summed E-state index contributed by atoms with van der Waals surface area (Å²) in [6.45, 7) is 0. The summed E-state index contributed by atoms with van der Waals surface area (Å²) in [6.07, 6.45) is -0.0151. The van der Waals surface area contributed by atoms with Crippen molar-refractivity contribution in [2.24, 2.45) is 5.16 Å². The molecule has 0 fully saturated rings. The fourth-order valence-corrected chi connectivity index (χ4v) is 2.17. The summed E-state index contributed by atoms with van der Waals surface area (Å²) in [4.78, 5) is 22.8. The lowest BCUT2D eigenvalue weighted by atomic mass is 10.1. The largest absolute Gasteiger partial charge is 0.497 e. The molecule has 0 saturated carbocycles. The molecule has 0 spiro atoms. The molecule has 2 aromatic carbocycles. The molecule has 7 nitrogen and oxygen atoms in total. The monoisotopic (exact) mass is 342 g/mol. The molecule has 0 unspecified atom stereocenters. The molecule has 0 aromatic heterocycles. The predicted octanol–water partition coefficient (Wildman–Crippen LogP) is 2.99. The molecule has 130 valence electrons. The number of methoxy groups -OCH3 is 1. The number of aliphatic carboxylic acids is 1. The van der Waals surface area contributed by atoms with Gasteiger partial charge in [-0.25, -0.2) is 0 Å². The lowest BCUT2D eigenvalue weighted by Crippen LogP contribution is -2.12. The van der Waals surface area contributed by atoms with E-state index in [1.54, 1.807) is 55.6 Å². The number of oxime groups is 1. The number of anilines is 1. The fraction of sp³-hybridized carbons (Fsp3) is 0.167. The van der Waals surface area contributed by atoms with Crippen molar-refractivity contribution in [1.29, 1.82) is 0 Å². The minimum absolute atomic E-state index is 0.114. The van der Waals surface area contributed by atoms with Gasteiger partial charge in [0.25, 0.3) is 5.91 Å². The van der Waals surface area contributed by atoms with Crippen LogP contribution in [0.25, 0.3) is 0 Å². The Morgan fingerprint density at radius 2 is 1.60 bits per heavy atom. The maximum absolute atomic E-state index is 12.2. The van der Waals surface area contributed by atoms with Crippen molar-refractivity contribution in [1.82, 2.24) is 0 Å². The van der Waals surface area contributed by atoms with E-state index in [0.717, 1.165) is 0 Å². The van der Waals surface area contributed by atoms with Crippen LogP contribution in [-0.2, 0) is 4.79 Å². The average Bonchev–Trinajstić information content (AvgIpc) is 2.63. The SMILES string of the molecule is COc1ccc(C(=O)Nc2ccc(C(CCC(=O)O)=NO)cc2)cc1. The first kappa shape index (κ1) is 18.0. The highest BCUT2D eigenvalue weighted by atomic mass is 16.5. The van der Waals surface area contributed by atoms with Crippen molar-refractivity contribution in [3.63, 3.8) is 0 Å². The average molecular weight is 342 g/mol. The molecule has 2 aromatic rings. The van der Waals surface area contributed by atoms with E-state index in [-0.39, 0.29) is 24.5 Å². The number of amides is 1. The summed E-state index contributed by atoms with van der Waals surface area (Å²) < 4.78 is 5.05. The third kappa shape index (κ3) is 5.07. The Hall–Kier alpha value is -3.35. The van der Waals surface area contributed by atoms with Gasteiger partial charge in [0.15, 0.2) is 0 Å². The van der Waals surface area contributed by atoms with Gasteiger partial charge in [-0.1, -0.05) is 17.3 Å². The summed E-state index contributed by atoms with van der Waals surface area (Å²) in [7, 11) is 1.55. The zero-order chi connectivity index (χ0) is 18.2. The van der Waals surface area contributed by atoms with E-state index in [0.29, 0.717) is 22.6 Å². The number of hydrogen-bond acceptors (Lipinski definition) is 5. The predicted molar refractivity (Wildman–Crippen MR) is 92.6 cm³/mol. The van der Waals surface area contributed by atoms with Crippen molar-refractivity contribution < 1.29 is 24.6 Å². The third-order valence-corrected chi connectivity index (χ3v) is 3.52. The molecule has 7 heteroatoms. The Morgan fingerprint density at radius 1 is 1.00 bits per heavy atom. The van der Waals surface area contributed by atoms with Gasteiger partial charge in [0.1, 0.15) is 5.75 Å². The first-order chi connectivity index (χ1) is 12.0. The first-order valence-corrected chi connectivity index (χ1v) is 7.52. The van der Waals surface area contributed by atoms with Crippen LogP contribution in [0.3, 0.4) is 0 Å². The molecule has 0 heterocycles. The number of carboxylic acids is 1. The van der Waals surface area contributed by atoms with Gasteiger partial charge in [-0.15, -0.1) is 0 Å². The smallest absolute Gasteiger partial charge is 0.303 e. The molecule has 0 radical (unpaired) electrons. The number of nitrogens with zero attached hydrogens (tertiary/aromatic N) is 1. The number of carbonyl (C=O) groups excluding carboxylic acids is 1. The second kappa shape index (κ2) is 8.49. The number of hydrogen-bond donors (Lipinski definition) is 3. The van der Waals surface area contributed by atoms with Gasteiger partial charge >= 0.3 is 5.97 Å². The number of nitrogens with one attached hydrogen (secondary N) is 1. The van der Waals surface area contributed by atoms with Crippen LogP contribution in [-0.4, -0.2) is 35.0 Å². The zero-order valence-electron chi connectivity index (χ0n) is 13.6. The third-order valence-electron chi connectivity index (χ3n) is 3.52. The van der Waals surface area contributed by atoms with Crippen LogP contribution < -0.4 is 10.1 Å². The number of rotatable bonds is 7. The maximum atomic E-state index is 12.2. The summed E-state index contributed by atoms with van der Waals surface area (Å²) in [5.41, 5.74) is 1.92. The van der Waals surface area contributed by atoms with E-state index in [1.165, 1.54) is 0 Å². The highest BCUT2D eigenvalue weighted by Gasteiger charge is 2.09. The Morgan fingerprint density at radius 3 is 2.12 bits per heavy atom. The number of benzene rings is 2. The van der Waals surface area contributed by atoms with Gasteiger partial charge in [-0.3, -0.25) is 9.59 Å². The summed E-state index contributed by atoms with van der Waals surface area (Å²) in [5, 5.41) is 23.6. The van der Waals surface area contributed by atoms with E-state index in [1.807, 2.05) is 0 Å². The van der Waals surface area contributed by atoms with Gasteiger partial charge < -0.3 is 20.4 Å². The molecule has 0 aliphatic carbocycles. The Balaban J connectivity index is 2.03. The fourth-order valence-electron chi connectivity index (χ4n) is 2.17. The van der Waals surface area contributed by atoms with E-state index in [4.69, 9.17) is 15.1 Å². The number of carboxylic acid groups (broad SMARTS) is 1. The minimum atomic E-state index is -0.968. The molecular weight excluding hydrogens is 324 g/mol. The quantitative estimate of drug-likeness (QED) is 0.407. The lowest BCUT2D eigenvalue weighted by Gasteiger charge is -2.08. The Bertz CT molecular complexity index is 767. The molecule has 0 bridgehead atoms. The van der Waals surface area contributed by atoms with Crippen LogP contribution in [0.1, 0.15) is 28.8 Å². The zero-order valence-corrected chi connectivity index (χ0v) is 13.6. The number of carbonyl (C=O) groups is 2. The second-order valence-corrected chi connectivity index (χ2v) is 5.20. The first-order valence-electron chi connectivity index (χ1n) is 7.52. The van der Waals surface area contributed by atoms with Crippen LogP contribution >= 0.6 is 0 Å². The standard InChI is InChI=1S/C18H18N2O5/c1-25-15-8-4-13(5-9-15)18(23)19-14-6-2-12(3-7-14)16(20-24)10-11-17(21)22/h2-9,24H,10-11H2,1H3,(H,19,23)(H,21,22). The van der Waals surface area contributed by atoms with Crippen LogP contribution in [0.2, 0.25) is 0 Å². The van der Waals surface area contributed by atoms with E-state index in [9.17, 15) is 9.59 Å². The van der Waals surface area contributed by atoms with Gasteiger partial charge in [0, 0.05) is 17.7 Å².